The minimum Gasteiger partial charge on any atom is -0.444 e. The molecule has 0 saturated carbocycles. The van der Waals surface area contributed by atoms with E-state index in [1.807, 2.05) is 39.0 Å². The molecule has 9 nitrogen and oxygen atoms in total. The molecular formula is C22H28N4O5. The Hall–Kier alpha value is -3.10. The van der Waals surface area contributed by atoms with Crippen LogP contribution in [0, 0.1) is 0 Å². The van der Waals surface area contributed by atoms with Gasteiger partial charge < -0.3 is 19.4 Å². The lowest BCUT2D eigenvalue weighted by atomic mass is 10.0. The predicted octanol–water partition coefficient (Wildman–Crippen LogP) is 1.50. The zero-order valence-electron chi connectivity index (χ0n) is 18.1. The first kappa shape index (κ1) is 21.1. The number of hydrogen-bond donors (Lipinski definition) is 1. The van der Waals surface area contributed by atoms with Crippen molar-refractivity contribution in [2.24, 2.45) is 0 Å². The number of rotatable bonds is 2. The molecule has 0 bridgehead atoms. The first-order valence-corrected chi connectivity index (χ1v) is 10.6. The average Bonchev–Trinajstić information content (AvgIpc) is 3.03. The van der Waals surface area contributed by atoms with Crippen molar-refractivity contribution in [3.63, 3.8) is 0 Å². The van der Waals surface area contributed by atoms with Crippen molar-refractivity contribution < 1.29 is 23.9 Å². The molecule has 4 rings (SSSR count). The van der Waals surface area contributed by atoms with Crippen LogP contribution in [0.15, 0.2) is 18.2 Å². The van der Waals surface area contributed by atoms with E-state index in [0.29, 0.717) is 44.7 Å². The molecule has 1 aromatic rings. The van der Waals surface area contributed by atoms with E-state index >= 15 is 0 Å². The van der Waals surface area contributed by atoms with Crippen molar-refractivity contribution in [2.75, 3.05) is 31.1 Å². The van der Waals surface area contributed by atoms with Gasteiger partial charge in [-0.3, -0.25) is 19.7 Å². The summed E-state index contributed by atoms with van der Waals surface area (Å²) in [6.07, 6.45) is 0.282. The van der Waals surface area contributed by atoms with Crippen molar-refractivity contribution >= 4 is 29.5 Å². The maximum Gasteiger partial charge on any atom is 0.410 e. The summed E-state index contributed by atoms with van der Waals surface area (Å²) < 4.78 is 5.44. The number of carbonyl (C=O) groups is 4. The third kappa shape index (κ3) is 4.35. The molecule has 0 radical (unpaired) electrons. The Morgan fingerprint density at radius 3 is 2.45 bits per heavy atom. The van der Waals surface area contributed by atoms with Crippen LogP contribution >= 0.6 is 0 Å². The Kier molecular flexibility index (Phi) is 5.36. The quantitative estimate of drug-likeness (QED) is 0.717. The van der Waals surface area contributed by atoms with E-state index in [0.717, 1.165) is 11.3 Å². The number of fused-ring (bicyclic) bond motifs is 1. The molecule has 1 atom stereocenters. The van der Waals surface area contributed by atoms with E-state index < -0.39 is 17.6 Å². The summed E-state index contributed by atoms with van der Waals surface area (Å²) in [7, 11) is 0. The number of anilines is 1. The zero-order chi connectivity index (χ0) is 22.3. The van der Waals surface area contributed by atoms with Crippen LogP contribution in [0.1, 0.15) is 49.5 Å². The van der Waals surface area contributed by atoms with Gasteiger partial charge in [-0.05, 0) is 44.9 Å². The summed E-state index contributed by atoms with van der Waals surface area (Å²) in [6.45, 7) is 8.28. The van der Waals surface area contributed by atoms with Crippen LogP contribution in [-0.4, -0.2) is 71.4 Å². The average molecular weight is 428 g/mol. The topological polar surface area (TPSA) is 99.3 Å². The zero-order valence-corrected chi connectivity index (χ0v) is 18.1. The number of piperazine rings is 1. The van der Waals surface area contributed by atoms with Crippen molar-refractivity contribution in [2.45, 2.75) is 51.8 Å². The molecule has 3 heterocycles. The third-order valence-electron chi connectivity index (χ3n) is 5.81. The van der Waals surface area contributed by atoms with Gasteiger partial charge in [0.25, 0.3) is 5.91 Å². The minimum atomic E-state index is -0.613. The Morgan fingerprint density at radius 2 is 1.81 bits per heavy atom. The molecule has 1 N–H and O–H groups in total. The highest BCUT2D eigenvalue weighted by Gasteiger charge is 2.39. The number of nitrogens with zero attached hydrogens (tertiary/aromatic N) is 3. The standard InChI is InChI=1S/C22H28N4O5/c1-22(2,3)31-21(30)25-10-8-24(9-11-25)15-5-4-14-13-26(20(29)16(14)12-15)17-6-7-18(27)23-19(17)28/h4-5,12,17H,6-11,13H2,1-3H3,(H,23,27,28). The SMILES string of the molecule is CC(C)(C)OC(=O)N1CCN(c2ccc3c(c2)C(=O)N(C2CCC(=O)NC2=O)C3)CC1. The molecule has 31 heavy (non-hydrogen) atoms. The van der Waals surface area contributed by atoms with E-state index in [4.69, 9.17) is 4.74 Å². The van der Waals surface area contributed by atoms with Crippen molar-refractivity contribution in [1.82, 2.24) is 15.1 Å². The lowest BCUT2D eigenvalue weighted by molar-refractivity contribution is -0.136. The van der Waals surface area contributed by atoms with E-state index in [1.165, 1.54) is 0 Å². The summed E-state index contributed by atoms with van der Waals surface area (Å²) >= 11 is 0. The lowest BCUT2D eigenvalue weighted by Gasteiger charge is -2.36. The summed E-state index contributed by atoms with van der Waals surface area (Å²) in [5.74, 6) is -0.882. The molecule has 4 amide bonds. The number of imide groups is 1. The van der Waals surface area contributed by atoms with Gasteiger partial charge in [0, 0.05) is 50.4 Å². The van der Waals surface area contributed by atoms with E-state index in [-0.39, 0.29) is 24.3 Å². The molecule has 0 spiro atoms. The summed E-state index contributed by atoms with van der Waals surface area (Å²) in [5.41, 5.74) is 1.87. The minimum absolute atomic E-state index is 0.182. The number of ether oxygens (including phenoxy) is 1. The molecule has 2 saturated heterocycles. The number of hydrogen-bond acceptors (Lipinski definition) is 6. The fourth-order valence-corrected chi connectivity index (χ4v) is 4.21. The predicted molar refractivity (Wildman–Crippen MR) is 113 cm³/mol. The van der Waals surface area contributed by atoms with Crippen LogP contribution in [0.25, 0.3) is 0 Å². The summed E-state index contributed by atoms with van der Waals surface area (Å²) in [5, 5.41) is 2.32. The van der Waals surface area contributed by atoms with Gasteiger partial charge in [0.05, 0.1) is 0 Å². The Labute approximate surface area is 181 Å². The molecule has 166 valence electrons. The number of amides is 4. The molecule has 3 aliphatic rings. The van der Waals surface area contributed by atoms with Gasteiger partial charge in [-0.15, -0.1) is 0 Å². The molecule has 1 aromatic carbocycles. The van der Waals surface area contributed by atoms with Crippen molar-refractivity contribution in [1.29, 1.82) is 0 Å². The van der Waals surface area contributed by atoms with Gasteiger partial charge in [0.15, 0.2) is 0 Å². The molecule has 3 aliphatic heterocycles. The molecule has 9 heteroatoms. The van der Waals surface area contributed by atoms with Crippen LogP contribution in [-0.2, 0) is 20.9 Å². The van der Waals surface area contributed by atoms with Gasteiger partial charge in [-0.1, -0.05) is 6.07 Å². The lowest BCUT2D eigenvalue weighted by Crippen LogP contribution is -2.52. The van der Waals surface area contributed by atoms with E-state index in [2.05, 4.69) is 10.2 Å². The van der Waals surface area contributed by atoms with Gasteiger partial charge in [0.2, 0.25) is 11.8 Å². The van der Waals surface area contributed by atoms with Crippen LogP contribution < -0.4 is 10.2 Å². The normalized spacial score (nSPS) is 21.8. The van der Waals surface area contributed by atoms with Gasteiger partial charge in [0.1, 0.15) is 11.6 Å². The monoisotopic (exact) mass is 428 g/mol. The number of carbonyl (C=O) groups excluding carboxylic acids is 4. The number of piperidine rings is 1. The molecule has 1 unspecified atom stereocenters. The summed E-state index contributed by atoms with van der Waals surface area (Å²) in [6, 6.07) is 5.16. The summed E-state index contributed by atoms with van der Waals surface area (Å²) in [4.78, 5) is 54.3. The largest absolute Gasteiger partial charge is 0.444 e. The van der Waals surface area contributed by atoms with Crippen LogP contribution in [0.3, 0.4) is 0 Å². The van der Waals surface area contributed by atoms with Gasteiger partial charge >= 0.3 is 6.09 Å². The molecule has 2 fully saturated rings. The van der Waals surface area contributed by atoms with Crippen molar-refractivity contribution in [3.8, 4) is 0 Å². The molecule has 0 aliphatic carbocycles. The Morgan fingerprint density at radius 1 is 1.10 bits per heavy atom. The van der Waals surface area contributed by atoms with E-state index in [1.54, 1.807) is 9.80 Å². The highest BCUT2D eigenvalue weighted by Crippen LogP contribution is 2.31. The number of benzene rings is 1. The second-order valence-electron chi connectivity index (χ2n) is 9.20. The second-order valence-corrected chi connectivity index (χ2v) is 9.20. The second kappa shape index (κ2) is 7.86. The van der Waals surface area contributed by atoms with E-state index in [9.17, 15) is 19.2 Å². The van der Waals surface area contributed by atoms with Gasteiger partial charge in [-0.25, -0.2) is 4.79 Å². The molecular weight excluding hydrogens is 400 g/mol. The Bertz CT molecular complexity index is 930. The third-order valence-corrected chi connectivity index (χ3v) is 5.81. The number of nitrogens with one attached hydrogen (secondary N) is 1. The fourth-order valence-electron chi connectivity index (χ4n) is 4.21. The van der Waals surface area contributed by atoms with Crippen LogP contribution in [0.5, 0.6) is 0 Å². The Balaban J connectivity index is 1.41. The fraction of sp³-hybridized carbons (Fsp3) is 0.545. The van der Waals surface area contributed by atoms with Gasteiger partial charge in [-0.2, -0.15) is 0 Å². The first-order valence-electron chi connectivity index (χ1n) is 10.6. The van der Waals surface area contributed by atoms with Crippen molar-refractivity contribution in [3.05, 3.63) is 29.3 Å². The highest BCUT2D eigenvalue weighted by molar-refractivity contribution is 6.05. The van der Waals surface area contributed by atoms with Crippen LogP contribution in [0.4, 0.5) is 10.5 Å². The first-order chi connectivity index (χ1) is 14.6. The maximum atomic E-state index is 13.0. The highest BCUT2D eigenvalue weighted by atomic mass is 16.6. The molecule has 0 aromatic heterocycles. The smallest absolute Gasteiger partial charge is 0.410 e. The maximum absolute atomic E-state index is 13.0. The van der Waals surface area contributed by atoms with Crippen LogP contribution in [0.2, 0.25) is 0 Å².